The van der Waals surface area contributed by atoms with E-state index in [0.29, 0.717) is 28.6 Å². The van der Waals surface area contributed by atoms with Crippen LogP contribution in [0.4, 0.5) is 21.9 Å². The molecule has 29 heavy (non-hydrogen) atoms. The zero-order valence-electron chi connectivity index (χ0n) is 16.5. The lowest BCUT2D eigenvalue weighted by Crippen LogP contribution is -2.31. The van der Waals surface area contributed by atoms with Crippen LogP contribution >= 0.6 is 0 Å². The molecule has 0 aliphatic carbocycles. The number of methoxy groups -OCH3 is 2. The number of rotatable bonds is 8. The number of nitrogens with one attached hydrogen (secondary N) is 4. The smallest absolute Gasteiger partial charge is 0.319 e. The number of carbonyl (C=O) groups excluding carboxylic acids is 3. The Labute approximate surface area is 168 Å². The van der Waals surface area contributed by atoms with Gasteiger partial charge in [-0.2, -0.15) is 0 Å². The van der Waals surface area contributed by atoms with E-state index >= 15 is 0 Å². The summed E-state index contributed by atoms with van der Waals surface area (Å²) < 4.78 is 10.2. The molecule has 2 aromatic rings. The van der Waals surface area contributed by atoms with Gasteiger partial charge in [-0.3, -0.25) is 9.59 Å². The summed E-state index contributed by atoms with van der Waals surface area (Å²) in [5, 5.41) is 10.6. The topological polar surface area (TPSA) is 118 Å². The van der Waals surface area contributed by atoms with E-state index in [-0.39, 0.29) is 24.8 Å². The third-order valence-electron chi connectivity index (χ3n) is 3.78. The molecule has 0 radical (unpaired) electrons. The lowest BCUT2D eigenvalue weighted by Gasteiger charge is -2.12. The van der Waals surface area contributed by atoms with Gasteiger partial charge in [0.15, 0.2) is 0 Å². The van der Waals surface area contributed by atoms with E-state index in [9.17, 15) is 14.4 Å². The summed E-state index contributed by atoms with van der Waals surface area (Å²) in [4.78, 5) is 35.3. The molecule has 0 heterocycles. The van der Waals surface area contributed by atoms with Crippen molar-refractivity contribution in [2.24, 2.45) is 0 Å². The number of benzene rings is 2. The fourth-order valence-corrected chi connectivity index (χ4v) is 2.44. The second-order valence-corrected chi connectivity index (χ2v) is 6.00. The molecule has 0 spiro atoms. The Kier molecular flexibility index (Phi) is 7.84. The molecule has 0 atom stereocenters. The van der Waals surface area contributed by atoms with Crippen LogP contribution < -0.4 is 30.7 Å². The Morgan fingerprint density at radius 2 is 1.55 bits per heavy atom. The Hall–Kier alpha value is -3.75. The molecule has 2 rings (SSSR count). The third kappa shape index (κ3) is 7.06. The molecular weight excluding hydrogens is 376 g/mol. The van der Waals surface area contributed by atoms with Gasteiger partial charge in [0.1, 0.15) is 11.5 Å². The zero-order valence-corrected chi connectivity index (χ0v) is 16.5. The van der Waals surface area contributed by atoms with Crippen molar-refractivity contribution in [3.63, 3.8) is 0 Å². The van der Waals surface area contributed by atoms with Crippen molar-refractivity contribution < 1.29 is 23.9 Å². The van der Waals surface area contributed by atoms with E-state index in [2.05, 4.69) is 21.3 Å². The Bertz CT molecular complexity index is 868. The van der Waals surface area contributed by atoms with E-state index in [0.717, 1.165) is 0 Å². The van der Waals surface area contributed by atoms with Crippen LogP contribution in [0.5, 0.6) is 11.5 Å². The van der Waals surface area contributed by atoms with Gasteiger partial charge >= 0.3 is 6.03 Å². The first-order chi connectivity index (χ1) is 13.9. The molecule has 0 unspecified atom stereocenters. The second kappa shape index (κ2) is 10.5. The maximum Gasteiger partial charge on any atom is 0.319 e. The highest BCUT2D eigenvalue weighted by molar-refractivity contribution is 5.95. The minimum Gasteiger partial charge on any atom is -0.497 e. The summed E-state index contributed by atoms with van der Waals surface area (Å²) in [6.07, 6.45) is 0.0809. The van der Waals surface area contributed by atoms with Gasteiger partial charge in [-0.15, -0.1) is 0 Å². The van der Waals surface area contributed by atoms with Crippen LogP contribution in [0.15, 0.2) is 42.5 Å². The van der Waals surface area contributed by atoms with Crippen LogP contribution in [0.3, 0.4) is 0 Å². The fourth-order valence-electron chi connectivity index (χ4n) is 2.44. The average molecular weight is 400 g/mol. The van der Waals surface area contributed by atoms with Crippen LogP contribution in [-0.4, -0.2) is 38.6 Å². The molecule has 0 saturated carbocycles. The molecule has 0 aromatic heterocycles. The molecule has 0 aliphatic rings. The van der Waals surface area contributed by atoms with Gasteiger partial charge < -0.3 is 30.7 Å². The zero-order chi connectivity index (χ0) is 21.2. The lowest BCUT2D eigenvalue weighted by atomic mass is 10.2. The number of urea groups is 1. The van der Waals surface area contributed by atoms with Crippen molar-refractivity contribution >= 4 is 34.9 Å². The Morgan fingerprint density at radius 3 is 2.17 bits per heavy atom. The van der Waals surface area contributed by atoms with Gasteiger partial charge in [-0.05, 0) is 42.5 Å². The molecule has 4 N–H and O–H groups in total. The minimum absolute atomic E-state index is 0.0809. The van der Waals surface area contributed by atoms with Crippen molar-refractivity contribution in [3.8, 4) is 11.5 Å². The molecule has 4 amide bonds. The van der Waals surface area contributed by atoms with Gasteiger partial charge in [-0.25, -0.2) is 4.79 Å². The first-order valence-electron chi connectivity index (χ1n) is 8.85. The molecule has 9 heteroatoms. The molecule has 0 bridgehead atoms. The molecule has 0 fully saturated rings. The number of hydrogen-bond acceptors (Lipinski definition) is 5. The average Bonchev–Trinajstić information content (AvgIpc) is 2.68. The quantitative estimate of drug-likeness (QED) is 0.543. The summed E-state index contributed by atoms with van der Waals surface area (Å²) >= 11 is 0. The third-order valence-corrected chi connectivity index (χ3v) is 3.78. The van der Waals surface area contributed by atoms with Gasteiger partial charge in [0, 0.05) is 31.3 Å². The maximum atomic E-state index is 12.1. The molecule has 2 aromatic carbocycles. The molecule has 154 valence electrons. The second-order valence-electron chi connectivity index (χ2n) is 6.00. The van der Waals surface area contributed by atoms with Crippen LogP contribution in [-0.2, 0) is 9.59 Å². The lowest BCUT2D eigenvalue weighted by molar-refractivity contribution is -0.116. The predicted molar refractivity (Wildman–Crippen MR) is 111 cm³/mol. The van der Waals surface area contributed by atoms with Crippen molar-refractivity contribution in [2.45, 2.75) is 13.3 Å². The fraction of sp³-hybridized carbons (Fsp3) is 0.250. The van der Waals surface area contributed by atoms with E-state index in [4.69, 9.17) is 9.47 Å². The molecular formula is C20H24N4O5. The van der Waals surface area contributed by atoms with Crippen LogP contribution in [0, 0.1) is 0 Å². The van der Waals surface area contributed by atoms with E-state index in [1.807, 2.05) is 0 Å². The number of carbonyl (C=O) groups is 3. The number of ether oxygens (including phenoxy) is 2. The Morgan fingerprint density at radius 1 is 0.862 bits per heavy atom. The summed E-state index contributed by atoms with van der Waals surface area (Å²) in [6, 6.07) is 11.4. The first kappa shape index (κ1) is 21.5. The monoisotopic (exact) mass is 400 g/mol. The minimum atomic E-state index is -0.416. The number of hydrogen-bond donors (Lipinski definition) is 4. The van der Waals surface area contributed by atoms with Gasteiger partial charge in [0.05, 0.1) is 19.9 Å². The van der Waals surface area contributed by atoms with Gasteiger partial charge in [0.2, 0.25) is 11.8 Å². The van der Waals surface area contributed by atoms with E-state index in [1.165, 1.54) is 14.0 Å². The van der Waals surface area contributed by atoms with E-state index in [1.54, 1.807) is 49.6 Å². The summed E-state index contributed by atoms with van der Waals surface area (Å²) in [7, 11) is 3.05. The first-order valence-corrected chi connectivity index (χ1v) is 8.85. The standard InChI is InChI=1S/C20H24N4O5/c1-13(25)22-17-12-15(6-9-18(17)29-3)23-19(26)10-11-21-20(27)24-14-4-7-16(28-2)8-5-14/h4-9,12H,10-11H2,1-3H3,(H,22,25)(H,23,26)(H2,21,24,27). The van der Waals surface area contributed by atoms with Gasteiger partial charge in [-0.1, -0.05) is 0 Å². The molecule has 0 saturated heterocycles. The Balaban J connectivity index is 1.80. The van der Waals surface area contributed by atoms with Crippen molar-refractivity contribution in [1.82, 2.24) is 5.32 Å². The van der Waals surface area contributed by atoms with Crippen molar-refractivity contribution in [1.29, 1.82) is 0 Å². The highest BCUT2D eigenvalue weighted by Gasteiger charge is 2.09. The van der Waals surface area contributed by atoms with Crippen molar-refractivity contribution in [2.75, 3.05) is 36.7 Å². The van der Waals surface area contributed by atoms with E-state index < -0.39 is 6.03 Å². The maximum absolute atomic E-state index is 12.1. The van der Waals surface area contributed by atoms with Crippen LogP contribution in [0.1, 0.15) is 13.3 Å². The summed E-state index contributed by atoms with van der Waals surface area (Å²) in [5.41, 5.74) is 1.56. The number of anilines is 3. The largest absolute Gasteiger partial charge is 0.497 e. The summed E-state index contributed by atoms with van der Waals surface area (Å²) in [5.74, 6) is 0.635. The van der Waals surface area contributed by atoms with Gasteiger partial charge in [0.25, 0.3) is 0 Å². The normalized spacial score (nSPS) is 9.90. The number of amides is 4. The summed E-state index contributed by atoms with van der Waals surface area (Å²) in [6.45, 7) is 1.54. The van der Waals surface area contributed by atoms with Crippen LogP contribution in [0.25, 0.3) is 0 Å². The van der Waals surface area contributed by atoms with Crippen LogP contribution in [0.2, 0.25) is 0 Å². The highest BCUT2D eigenvalue weighted by atomic mass is 16.5. The molecule has 9 nitrogen and oxygen atoms in total. The predicted octanol–water partition coefficient (Wildman–Crippen LogP) is 2.81. The highest BCUT2D eigenvalue weighted by Crippen LogP contribution is 2.27. The SMILES string of the molecule is COc1ccc(NC(=O)NCCC(=O)Nc2ccc(OC)c(NC(C)=O)c2)cc1. The molecule has 0 aliphatic heterocycles. The van der Waals surface area contributed by atoms with Crippen molar-refractivity contribution in [3.05, 3.63) is 42.5 Å².